The van der Waals surface area contributed by atoms with Crippen molar-refractivity contribution in [3.05, 3.63) is 29.2 Å². The molecule has 0 amide bonds. The summed E-state index contributed by atoms with van der Waals surface area (Å²) >= 11 is 4.91. The third-order valence-corrected chi connectivity index (χ3v) is 2.25. The first-order valence-electron chi connectivity index (χ1n) is 4.45. The number of carboxylic acid groups (broad SMARTS) is 1. The van der Waals surface area contributed by atoms with E-state index in [1.165, 1.54) is 6.92 Å². The smallest absolute Gasteiger partial charge is 0.364 e. The molecule has 0 aliphatic heterocycles. The zero-order valence-corrected chi connectivity index (χ0v) is 9.20. The fourth-order valence-electron chi connectivity index (χ4n) is 1.40. The molecule has 90 valence electrons. The second-order valence-corrected chi connectivity index (χ2v) is 3.84. The van der Waals surface area contributed by atoms with Gasteiger partial charge in [-0.05, 0) is 24.6 Å². The summed E-state index contributed by atoms with van der Waals surface area (Å²) in [5, 5.41) is 10.4. The number of carbonyl (C=O) groups is 1. The van der Waals surface area contributed by atoms with Gasteiger partial charge in [-0.15, -0.1) is 0 Å². The first-order valence-corrected chi connectivity index (χ1v) is 4.83. The third kappa shape index (κ3) is 2.05. The van der Waals surface area contributed by atoms with E-state index in [1.807, 2.05) is 0 Å². The highest BCUT2D eigenvalue weighted by atomic mass is 35.5. The van der Waals surface area contributed by atoms with Gasteiger partial charge in [-0.2, -0.15) is 13.9 Å². The summed E-state index contributed by atoms with van der Waals surface area (Å²) in [5.74, 6) is -1.57. The van der Waals surface area contributed by atoms with Crippen LogP contribution in [-0.4, -0.2) is 20.6 Å². The topological polar surface area (TPSA) is 70.3 Å². The molecular formula is C9H5ClF2N3O2-. The molecule has 0 fully saturated rings. The van der Waals surface area contributed by atoms with Gasteiger partial charge in [0.2, 0.25) is 0 Å². The Hall–Kier alpha value is -1.76. The lowest BCUT2D eigenvalue weighted by Gasteiger charge is -2.10. The van der Waals surface area contributed by atoms with Gasteiger partial charge in [0.05, 0.1) is 5.97 Å². The van der Waals surface area contributed by atoms with E-state index in [1.54, 1.807) is 0 Å². The number of aromatic carboxylic acids is 1. The van der Waals surface area contributed by atoms with Crippen molar-refractivity contribution in [2.75, 3.05) is 0 Å². The number of nitrogens with zero attached hydrogens (tertiary/aromatic N) is 3. The molecule has 0 saturated carbocycles. The number of aromatic nitrogens is 3. The van der Waals surface area contributed by atoms with Gasteiger partial charge < -0.3 is 9.90 Å². The van der Waals surface area contributed by atoms with E-state index in [4.69, 9.17) is 11.6 Å². The summed E-state index contributed by atoms with van der Waals surface area (Å²) in [6.07, 6.45) is 0. The van der Waals surface area contributed by atoms with Gasteiger partial charge in [0, 0.05) is 11.8 Å². The van der Waals surface area contributed by atoms with Gasteiger partial charge in [0.1, 0.15) is 11.4 Å². The Balaban J connectivity index is 2.79. The largest absolute Gasteiger partial charge is 0.543 e. The van der Waals surface area contributed by atoms with Crippen LogP contribution in [0, 0.1) is 6.92 Å². The predicted molar refractivity (Wildman–Crippen MR) is 51.8 cm³/mol. The Morgan fingerprint density at radius 1 is 1.53 bits per heavy atom. The van der Waals surface area contributed by atoms with Crippen molar-refractivity contribution >= 4 is 23.2 Å². The van der Waals surface area contributed by atoms with Crippen LogP contribution in [-0.2, 0) is 5.38 Å². The number of alkyl halides is 3. The van der Waals surface area contributed by atoms with Gasteiger partial charge >= 0.3 is 5.38 Å². The van der Waals surface area contributed by atoms with Gasteiger partial charge in [-0.25, -0.2) is 9.50 Å². The Labute approximate surface area is 98.6 Å². The van der Waals surface area contributed by atoms with Gasteiger partial charge in [-0.1, -0.05) is 0 Å². The minimum Gasteiger partial charge on any atom is -0.543 e. The molecule has 0 atom stereocenters. The Kier molecular flexibility index (Phi) is 2.50. The SMILES string of the molecule is Cc1cc(C(F)(F)Cl)n2nc(C(=O)[O-])cc2n1. The zero-order valence-electron chi connectivity index (χ0n) is 8.45. The molecule has 0 saturated heterocycles. The Morgan fingerprint density at radius 2 is 2.18 bits per heavy atom. The number of fused-ring (bicyclic) bond motifs is 1. The lowest BCUT2D eigenvalue weighted by molar-refractivity contribution is -0.255. The number of rotatable bonds is 2. The fourth-order valence-corrected chi connectivity index (χ4v) is 1.54. The molecule has 5 nitrogen and oxygen atoms in total. The molecule has 0 bridgehead atoms. The van der Waals surface area contributed by atoms with E-state index in [0.29, 0.717) is 4.52 Å². The maximum atomic E-state index is 13.1. The lowest BCUT2D eigenvalue weighted by Crippen LogP contribution is -2.23. The minimum atomic E-state index is -3.67. The molecule has 2 rings (SSSR count). The molecule has 2 heterocycles. The predicted octanol–water partition coefficient (Wildman–Crippen LogP) is 0.689. The Bertz CT molecular complexity index is 606. The zero-order chi connectivity index (χ0) is 12.8. The van der Waals surface area contributed by atoms with E-state index in [-0.39, 0.29) is 11.3 Å². The second kappa shape index (κ2) is 3.63. The van der Waals surface area contributed by atoms with E-state index in [2.05, 4.69) is 10.1 Å². The number of halogens is 3. The molecule has 0 N–H and O–H groups in total. The van der Waals surface area contributed by atoms with Crippen molar-refractivity contribution in [3.63, 3.8) is 0 Å². The molecule has 2 aromatic heterocycles. The summed E-state index contributed by atoms with van der Waals surface area (Å²) < 4.78 is 26.9. The van der Waals surface area contributed by atoms with Crippen molar-refractivity contribution in [1.29, 1.82) is 0 Å². The van der Waals surface area contributed by atoms with Crippen molar-refractivity contribution in [2.45, 2.75) is 12.3 Å². The van der Waals surface area contributed by atoms with Crippen LogP contribution in [0.4, 0.5) is 8.78 Å². The summed E-state index contributed by atoms with van der Waals surface area (Å²) in [5.41, 5.74) is -0.878. The number of carbonyl (C=O) groups excluding carboxylic acids is 1. The molecule has 0 spiro atoms. The highest BCUT2D eigenvalue weighted by Crippen LogP contribution is 2.32. The van der Waals surface area contributed by atoms with Crippen molar-refractivity contribution in [3.8, 4) is 0 Å². The van der Waals surface area contributed by atoms with Crippen LogP contribution in [0.5, 0.6) is 0 Å². The highest BCUT2D eigenvalue weighted by Gasteiger charge is 2.32. The minimum absolute atomic E-state index is 0.0282. The number of hydrogen-bond acceptors (Lipinski definition) is 4. The second-order valence-electron chi connectivity index (χ2n) is 3.37. The van der Waals surface area contributed by atoms with Gasteiger partial charge in [-0.3, -0.25) is 0 Å². The maximum Gasteiger partial charge on any atom is 0.364 e. The van der Waals surface area contributed by atoms with E-state index < -0.39 is 22.7 Å². The van der Waals surface area contributed by atoms with Crippen LogP contribution in [0.25, 0.3) is 5.65 Å². The van der Waals surface area contributed by atoms with Crippen LogP contribution in [0.1, 0.15) is 21.9 Å². The number of hydrogen-bond donors (Lipinski definition) is 0. The average Bonchev–Trinajstić information content (AvgIpc) is 2.58. The van der Waals surface area contributed by atoms with Crippen LogP contribution >= 0.6 is 11.6 Å². The molecule has 0 aromatic carbocycles. The first-order chi connectivity index (χ1) is 7.79. The molecule has 17 heavy (non-hydrogen) atoms. The maximum absolute atomic E-state index is 13.1. The van der Waals surface area contributed by atoms with E-state index in [0.717, 1.165) is 12.1 Å². The first kappa shape index (κ1) is 11.7. The number of aryl methyl sites for hydroxylation is 1. The molecule has 0 aliphatic carbocycles. The molecule has 2 aromatic rings. The third-order valence-electron chi connectivity index (χ3n) is 2.05. The molecule has 0 aliphatic rings. The standard InChI is InChI=1S/C9H6ClF2N3O2/c1-4-2-6(9(10,11)12)15-7(13-4)3-5(14-15)8(16)17/h2-3H,1H3,(H,16,17)/p-1. The summed E-state index contributed by atoms with van der Waals surface area (Å²) in [6.45, 7) is 1.48. The highest BCUT2D eigenvalue weighted by molar-refractivity contribution is 6.21. The molecular weight excluding hydrogens is 256 g/mol. The van der Waals surface area contributed by atoms with Crippen LogP contribution in [0.3, 0.4) is 0 Å². The lowest BCUT2D eigenvalue weighted by atomic mass is 10.3. The Morgan fingerprint density at radius 3 is 2.71 bits per heavy atom. The van der Waals surface area contributed by atoms with Crippen LogP contribution in [0.2, 0.25) is 0 Å². The van der Waals surface area contributed by atoms with Crippen LogP contribution in [0.15, 0.2) is 12.1 Å². The molecule has 0 radical (unpaired) electrons. The summed E-state index contributed by atoms with van der Waals surface area (Å²) in [7, 11) is 0. The van der Waals surface area contributed by atoms with Crippen molar-refractivity contribution in [1.82, 2.24) is 14.6 Å². The average molecular weight is 261 g/mol. The van der Waals surface area contributed by atoms with E-state index in [9.17, 15) is 18.7 Å². The summed E-state index contributed by atoms with van der Waals surface area (Å²) in [4.78, 5) is 14.5. The normalized spacial score (nSPS) is 12.0. The fraction of sp³-hybridized carbons (Fsp3) is 0.222. The monoisotopic (exact) mass is 260 g/mol. The van der Waals surface area contributed by atoms with Crippen molar-refractivity contribution < 1.29 is 18.7 Å². The number of carboxylic acids is 1. The van der Waals surface area contributed by atoms with E-state index >= 15 is 0 Å². The molecule has 0 unspecified atom stereocenters. The summed E-state index contributed by atoms with van der Waals surface area (Å²) in [6, 6.07) is 2.07. The van der Waals surface area contributed by atoms with Gasteiger partial charge in [0.25, 0.3) is 0 Å². The molecule has 8 heteroatoms. The van der Waals surface area contributed by atoms with Crippen molar-refractivity contribution in [2.24, 2.45) is 0 Å². The van der Waals surface area contributed by atoms with Gasteiger partial charge in [0.15, 0.2) is 5.65 Å². The van der Waals surface area contributed by atoms with Crippen LogP contribution < -0.4 is 5.11 Å². The quantitative estimate of drug-likeness (QED) is 0.745.